The molecule has 0 radical (unpaired) electrons. The molecule has 1 N–H and O–H groups in total. The Balaban J connectivity index is 1.63. The van der Waals surface area contributed by atoms with Crippen LogP contribution in [0, 0.1) is 6.92 Å². The minimum atomic E-state index is -0.192. The van der Waals surface area contributed by atoms with Gasteiger partial charge in [-0.2, -0.15) is 0 Å². The molecule has 2 aromatic rings. The molecule has 1 fully saturated rings. The number of carbonyl (C=O) groups excluding carboxylic acids is 1. The van der Waals surface area contributed by atoms with Crippen LogP contribution in [-0.2, 0) is 11.3 Å². The van der Waals surface area contributed by atoms with Crippen molar-refractivity contribution >= 4 is 11.7 Å². The van der Waals surface area contributed by atoms with Gasteiger partial charge in [-0.1, -0.05) is 29.8 Å². The Morgan fingerprint density at radius 1 is 1.22 bits per heavy atom. The number of anilines is 1. The van der Waals surface area contributed by atoms with E-state index < -0.39 is 0 Å². The molecule has 1 aromatic carbocycles. The molecule has 0 spiro atoms. The van der Waals surface area contributed by atoms with Crippen LogP contribution in [0.3, 0.4) is 0 Å². The number of morpholine rings is 1. The first-order chi connectivity index (χ1) is 11.2. The van der Waals surface area contributed by atoms with Crippen molar-refractivity contribution in [2.45, 2.75) is 13.5 Å². The fourth-order valence-corrected chi connectivity index (χ4v) is 2.42. The molecular formula is C17H20N4O2. The zero-order valence-electron chi connectivity index (χ0n) is 13.2. The van der Waals surface area contributed by atoms with E-state index in [4.69, 9.17) is 4.74 Å². The van der Waals surface area contributed by atoms with E-state index in [1.807, 2.05) is 31.2 Å². The Bertz CT molecular complexity index is 667. The topological polar surface area (TPSA) is 67.4 Å². The number of rotatable bonds is 4. The van der Waals surface area contributed by atoms with Crippen LogP contribution in [0.1, 0.15) is 21.6 Å². The third-order valence-corrected chi connectivity index (χ3v) is 3.79. The van der Waals surface area contributed by atoms with Crippen LogP contribution in [0.2, 0.25) is 0 Å². The lowest BCUT2D eigenvalue weighted by molar-refractivity contribution is 0.0945. The van der Waals surface area contributed by atoms with Gasteiger partial charge in [0.15, 0.2) is 0 Å². The smallest absolute Gasteiger partial charge is 0.270 e. The molecular weight excluding hydrogens is 292 g/mol. The quantitative estimate of drug-likeness (QED) is 0.928. The summed E-state index contributed by atoms with van der Waals surface area (Å²) >= 11 is 0. The van der Waals surface area contributed by atoms with Gasteiger partial charge in [0.2, 0.25) is 0 Å². The fourth-order valence-electron chi connectivity index (χ4n) is 2.42. The number of benzene rings is 1. The average molecular weight is 312 g/mol. The molecule has 0 atom stereocenters. The van der Waals surface area contributed by atoms with Crippen LogP contribution in [-0.4, -0.2) is 42.2 Å². The maximum absolute atomic E-state index is 12.3. The highest BCUT2D eigenvalue weighted by Gasteiger charge is 2.15. The molecule has 2 heterocycles. The molecule has 1 aliphatic heterocycles. The van der Waals surface area contributed by atoms with E-state index >= 15 is 0 Å². The van der Waals surface area contributed by atoms with Crippen molar-refractivity contribution in [2.24, 2.45) is 0 Å². The van der Waals surface area contributed by atoms with Crippen LogP contribution < -0.4 is 10.2 Å². The van der Waals surface area contributed by atoms with Crippen molar-refractivity contribution < 1.29 is 9.53 Å². The Morgan fingerprint density at radius 2 is 1.96 bits per heavy atom. The predicted molar refractivity (Wildman–Crippen MR) is 87.4 cm³/mol. The second-order valence-corrected chi connectivity index (χ2v) is 5.53. The lowest BCUT2D eigenvalue weighted by Gasteiger charge is -2.27. The van der Waals surface area contributed by atoms with E-state index in [1.54, 1.807) is 6.07 Å². The van der Waals surface area contributed by atoms with Crippen molar-refractivity contribution in [1.29, 1.82) is 0 Å². The van der Waals surface area contributed by atoms with Gasteiger partial charge in [0, 0.05) is 25.7 Å². The van der Waals surface area contributed by atoms with Gasteiger partial charge in [-0.3, -0.25) is 4.79 Å². The summed E-state index contributed by atoms with van der Waals surface area (Å²) in [7, 11) is 0. The van der Waals surface area contributed by atoms with Gasteiger partial charge < -0.3 is 15.0 Å². The highest BCUT2D eigenvalue weighted by Crippen LogP contribution is 2.13. The third-order valence-electron chi connectivity index (χ3n) is 3.79. The average Bonchev–Trinajstić information content (AvgIpc) is 2.62. The van der Waals surface area contributed by atoms with Crippen LogP contribution in [0.5, 0.6) is 0 Å². The van der Waals surface area contributed by atoms with Crippen molar-refractivity contribution in [3.63, 3.8) is 0 Å². The Kier molecular flexibility index (Phi) is 4.83. The Morgan fingerprint density at radius 3 is 2.70 bits per heavy atom. The lowest BCUT2D eigenvalue weighted by Crippen LogP contribution is -2.37. The molecule has 0 saturated carbocycles. The molecule has 120 valence electrons. The zero-order valence-corrected chi connectivity index (χ0v) is 13.2. The molecule has 6 heteroatoms. The first kappa shape index (κ1) is 15.4. The van der Waals surface area contributed by atoms with E-state index in [9.17, 15) is 4.79 Å². The number of nitrogens with zero attached hydrogens (tertiary/aromatic N) is 3. The van der Waals surface area contributed by atoms with Gasteiger partial charge in [-0.25, -0.2) is 9.97 Å². The van der Waals surface area contributed by atoms with E-state index in [0.717, 1.165) is 24.5 Å². The maximum Gasteiger partial charge on any atom is 0.270 e. The number of nitrogens with one attached hydrogen (secondary N) is 1. The summed E-state index contributed by atoms with van der Waals surface area (Å²) in [5, 5.41) is 2.89. The molecule has 23 heavy (non-hydrogen) atoms. The van der Waals surface area contributed by atoms with Crippen LogP contribution >= 0.6 is 0 Å². The second kappa shape index (κ2) is 7.19. The number of aryl methyl sites for hydroxylation is 1. The summed E-state index contributed by atoms with van der Waals surface area (Å²) in [6.07, 6.45) is 1.44. The fraction of sp³-hybridized carbons (Fsp3) is 0.353. The van der Waals surface area contributed by atoms with Gasteiger partial charge >= 0.3 is 0 Å². The van der Waals surface area contributed by atoms with E-state index in [0.29, 0.717) is 25.5 Å². The second-order valence-electron chi connectivity index (χ2n) is 5.53. The normalized spacial score (nSPS) is 14.6. The van der Waals surface area contributed by atoms with E-state index in [2.05, 4.69) is 20.2 Å². The summed E-state index contributed by atoms with van der Waals surface area (Å²) in [6.45, 7) is 5.44. The Hall–Kier alpha value is -2.47. The highest BCUT2D eigenvalue weighted by molar-refractivity contribution is 5.92. The number of hydrogen-bond donors (Lipinski definition) is 1. The largest absolute Gasteiger partial charge is 0.378 e. The summed E-state index contributed by atoms with van der Waals surface area (Å²) in [6, 6.07) is 9.81. The first-order valence-electron chi connectivity index (χ1n) is 7.71. The van der Waals surface area contributed by atoms with E-state index in [1.165, 1.54) is 11.9 Å². The van der Waals surface area contributed by atoms with Crippen molar-refractivity contribution in [2.75, 3.05) is 31.2 Å². The lowest BCUT2D eigenvalue weighted by atomic mass is 10.1. The minimum absolute atomic E-state index is 0.192. The molecule has 6 nitrogen and oxygen atoms in total. The summed E-state index contributed by atoms with van der Waals surface area (Å²) in [5.74, 6) is 0.575. The van der Waals surface area contributed by atoms with Crippen molar-refractivity contribution in [3.8, 4) is 0 Å². The monoisotopic (exact) mass is 312 g/mol. The zero-order chi connectivity index (χ0) is 16.1. The molecule has 1 saturated heterocycles. The van der Waals surface area contributed by atoms with Crippen LogP contribution in [0.25, 0.3) is 0 Å². The van der Waals surface area contributed by atoms with Gasteiger partial charge in [0.25, 0.3) is 5.91 Å². The first-order valence-corrected chi connectivity index (χ1v) is 7.71. The number of amides is 1. The molecule has 0 bridgehead atoms. The van der Waals surface area contributed by atoms with Crippen molar-refractivity contribution in [3.05, 3.63) is 53.5 Å². The summed E-state index contributed by atoms with van der Waals surface area (Å²) < 4.78 is 5.33. The predicted octanol–water partition coefficient (Wildman–Crippen LogP) is 1.55. The highest BCUT2D eigenvalue weighted by atomic mass is 16.5. The summed E-state index contributed by atoms with van der Waals surface area (Å²) in [5.41, 5.74) is 2.64. The number of ether oxygens (including phenoxy) is 1. The van der Waals surface area contributed by atoms with Crippen molar-refractivity contribution in [1.82, 2.24) is 15.3 Å². The SMILES string of the molecule is Cc1ccc(CNC(=O)c2cc(N3CCOCC3)ncn2)cc1. The van der Waals surface area contributed by atoms with E-state index in [-0.39, 0.29) is 5.91 Å². The standard InChI is InChI=1S/C17H20N4O2/c1-13-2-4-14(5-3-13)11-18-17(22)15-10-16(20-12-19-15)21-6-8-23-9-7-21/h2-5,10,12H,6-9,11H2,1H3,(H,18,22). The molecule has 1 aliphatic rings. The molecule has 0 aliphatic carbocycles. The van der Waals surface area contributed by atoms with Gasteiger partial charge in [0.05, 0.1) is 13.2 Å². The molecule has 0 unspecified atom stereocenters. The van der Waals surface area contributed by atoms with Crippen LogP contribution in [0.4, 0.5) is 5.82 Å². The van der Waals surface area contributed by atoms with Gasteiger partial charge in [-0.15, -0.1) is 0 Å². The number of hydrogen-bond acceptors (Lipinski definition) is 5. The minimum Gasteiger partial charge on any atom is -0.378 e. The van der Waals surface area contributed by atoms with Crippen LogP contribution in [0.15, 0.2) is 36.7 Å². The number of carbonyl (C=O) groups is 1. The Labute approximate surface area is 135 Å². The molecule has 3 rings (SSSR count). The van der Waals surface area contributed by atoms with Gasteiger partial charge in [-0.05, 0) is 12.5 Å². The van der Waals surface area contributed by atoms with Gasteiger partial charge in [0.1, 0.15) is 17.8 Å². The number of aromatic nitrogens is 2. The third kappa shape index (κ3) is 4.04. The molecule has 1 amide bonds. The summed E-state index contributed by atoms with van der Waals surface area (Å²) in [4.78, 5) is 22.7. The molecule has 1 aromatic heterocycles. The maximum atomic E-state index is 12.3.